The lowest BCUT2D eigenvalue weighted by Crippen LogP contribution is -2.25. The summed E-state index contributed by atoms with van der Waals surface area (Å²) in [6.45, 7) is 0.147. The molecule has 0 saturated carbocycles. The van der Waals surface area contributed by atoms with E-state index in [4.69, 9.17) is 10.3 Å². The summed E-state index contributed by atoms with van der Waals surface area (Å²) < 4.78 is 5.24. The zero-order chi connectivity index (χ0) is 12.1. The van der Waals surface area contributed by atoms with Crippen LogP contribution in [0.4, 0.5) is 5.69 Å². The minimum Gasteiger partial charge on any atom is -0.482 e. The third-order valence-corrected chi connectivity index (χ3v) is 2.06. The molecule has 0 saturated heterocycles. The molecule has 0 bridgehead atoms. The quantitative estimate of drug-likeness (QED) is 0.343. The molecule has 0 aromatic heterocycles. The second-order valence-corrected chi connectivity index (χ2v) is 3.24. The maximum atomic E-state index is 11.0. The summed E-state index contributed by atoms with van der Waals surface area (Å²) in [6, 6.07) is 5.22. The summed E-state index contributed by atoms with van der Waals surface area (Å²) in [5.74, 6) is 5.97. The summed E-state index contributed by atoms with van der Waals surface area (Å²) in [5, 5.41) is 5.99. The number of carbonyl (C=O) groups is 1. The first-order valence-corrected chi connectivity index (χ1v) is 4.86. The number of fused-ring (bicyclic) bond motifs is 1. The zero-order valence-electron chi connectivity index (χ0n) is 8.80. The summed E-state index contributed by atoms with van der Waals surface area (Å²) >= 11 is 0. The SMILES string of the molecule is [N-]=[N+]=NCC#Cc1ccc2c(c1)OCC(=O)N2. The van der Waals surface area contributed by atoms with Gasteiger partial charge in [-0.25, -0.2) is 0 Å². The Balaban J connectivity index is 2.18. The first kappa shape index (κ1) is 10.9. The molecule has 0 unspecified atom stereocenters. The van der Waals surface area contributed by atoms with E-state index >= 15 is 0 Å². The van der Waals surface area contributed by atoms with Crippen molar-refractivity contribution >= 4 is 11.6 Å². The third-order valence-electron chi connectivity index (χ3n) is 2.06. The molecule has 1 N–H and O–H groups in total. The van der Waals surface area contributed by atoms with Gasteiger partial charge in [-0.15, -0.1) is 0 Å². The van der Waals surface area contributed by atoms with E-state index < -0.39 is 0 Å². The van der Waals surface area contributed by atoms with Crippen LogP contribution < -0.4 is 10.1 Å². The number of ether oxygens (including phenoxy) is 1. The molecule has 0 radical (unpaired) electrons. The van der Waals surface area contributed by atoms with Crippen LogP contribution in [0.5, 0.6) is 5.75 Å². The largest absolute Gasteiger partial charge is 0.482 e. The second kappa shape index (κ2) is 4.92. The number of azide groups is 1. The normalized spacial score (nSPS) is 12.1. The maximum Gasteiger partial charge on any atom is 0.262 e. The van der Waals surface area contributed by atoms with Crippen LogP contribution in [-0.4, -0.2) is 19.1 Å². The minimum atomic E-state index is -0.167. The van der Waals surface area contributed by atoms with Crippen LogP contribution in [0.1, 0.15) is 5.56 Å². The fourth-order valence-corrected chi connectivity index (χ4v) is 1.36. The van der Waals surface area contributed by atoms with Gasteiger partial charge in [0.25, 0.3) is 5.91 Å². The molecule has 0 atom stereocenters. The number of hydrogen-bond acceptors (Lipinski definition) is 3. The predicted octanol–water partition coefficient (Wildman–Crippen LogP) is 1.68. The molecule has 1 aromatic rings. The highest BCUT2D eigenvalue weighted by molar-refractivity contribution is 5.95. The summed E-state index contributed by atoms with van der Waals surface area (Å²) in [6.07, 6.45) is 0. The highest BCUT2D eigenvalue weighted by atomic mass is 16.5. The average molecular weight is 228 g/mol. The molecule has 0 spiro atoms. The molecule has 1 amide bonds. The van der Waals surface area contributed by atoms with Gasteiger partial charge < -0.3 is 10.1 Å². The molecule has 1 heterocycles. The Bertz CT molecular complexity index is 565. The van der Waals surface area contributed by atoms with Gasteiger partial charge in [0.2, 0.25) is 0 Å². The van der Waals surface area contributed by atoms with Gasteiger partial charge in [-0.1, -0.05) is 17.0 Å². The molecule has 6 heteroatoms. The van der Waals surface area contributed by atoms with E-state index in [2.05, 4.69) is 27.2 Å². The van der Waals surface area contributed by atoms with Crippen LogP contribution in [0, 0.1) is 11.8 Å². The Morgan fingerprint density at radius 3 is 3.29 bits per heavy atom. The van der Waals surface area contributed by atoms with Crippen molar-refractivity contribution in [2.24, 2.45) is 5.11 Å². The van der Waals surface area contributed by atoms with Crippen LogP contribution in [0.2, 0.25) is 0 Å². The van der Waals surface area contributed by atoms with E-state index in [0.29, 0.717) is 11.4 Å². The molecule has 17 heavy (non-hydrogen) atoms. The van der Waals surface area contributed by atoms with E-state index in [9.17, 15) is 4.79 Å². The first-order valence-electron chi connectivity index (χ1n) is 4.86. The van der Waals surface area contributed by atoms with E-state index in [1.165, 1.54) is 0 Å². The van der Waals surface area contributed by atoms with E-state index in [1.54, 1.807) is 18.2 Å². The fourth-order valence-electron chi connectivity index (χ4n) is 1.36. The van der Waals surface area contributed by atoms with Crippen molar-refractivity contribution < 1.29 is 9.53 Å². The number of amides is 1. The molecule has 1 aliphatic heterocycles. The van der Waals surface area contributed by atoms with Crippen molar-refractivity contribution in [3.8, 4) is 17.6 Å². The van der Waals surface area contributed by atoms with Crippen molar-refractivity contribution in [2.75, 3.05) is 18.5 Å². The van der Waals surface area contributed by atoms with E-state index in [-0.39, 0.29) is 19.1 Å². The lowest BCUT2D eigenvalue weighted by atomic mass is 10.1. The second-order valence-electron chi connectivity index (χ2n) is 3.24. The van der Waals surface area contributed by atoms with Crippen LogP contribution >= 0.6 is 0 Å². The number of benzene rings is 1. The molecular weight excluding hydrogens is 220 g/mol. The van der Waals surface area contributed by atoms with E-state index in [1.807, 2.05) is 0 Å². The Hall–Kier alpha value is -2.64. The average Bonchev–Trinajstić information content (AvgIpc) is 2.35. The zero-order valence-corrected chi connectivity index (χ0v) is 8.80. The molecule has 2 rings (SSSR count). The number of carbonyl (C=O) groups excluding carboxylic acids is 1. The van der Waals surface area contributed by atoms with Gasteiger partial charge >= 0.3 is 0 Å². The van der Waals surface area contributed by atoms with E-state index in [0.717, 1.165) is 5.56 Å². The van der Waals surface area contributed by atoms with Crippen LogP contribution in [0.25, 0.3) is 10.4 Å². The standard InChI is InChI=1S/C11H8N4O2/c12-15-13-5-1-2-8-3-4-9-10(6-8)17-7-11(16)14-9/h3-4,6H,5,7H2,(H,14,16). The molecule has 1 aromatic carbocycles. The Morgan fingerprint density at radius 1 is 1.59 bits per heavy atom. The predicted molar refractivity (Wildman–Crippen MR) is 61.5 cm³/mol. The smallest absolute Gasteiger partial charge is 0.262 e. The fraction of sp³-hybridized carbons (Fsp3) is 0.182. The Morgan fingerprint density at radius 2 is 2.47 bits per heavy atom. The number of anilines is 1. The van der Waals surface area contributed by atoms with Crippen LogP contribution in [0.3, 0.4) is 0 Å². The van der Waals surface area contributed by atoms with Gasteiger partial charge in [-0.05, 0) is 23.7 Å². The molecule has 0 fully saturated rings. The van der Waals surface area contributed by atoms with Gasteiger partial charge in [-0.2, -0.15) is 0 Å². The van der Waals surface area contributed by atoms with Gasteiger partial charge in [0.1, 0.15) is 5.75 Å². The monoisotopic (exact) mass is 228 g/mol. The molecular formula is C11H8N4O2. The van der Waals surface area contributed by atoms with Gasteiger partial charge in [-0.3, -0.25) is 4.79 Å². The highest BCUT2D eigenvalue weighted by Gasteiger charge is 2.15. The van der Waals surface area contributed by atoms with Crippen LogP contribution in [-0.2, 0) is 4.79 Å². The Labute approximate surface area is 97.2 Å². The maximum absolute atomic E-state index is 11.0. The van der Waals surface area contributed by atoms with Crippen LogP contribution in [0.15, 0.2) is 23.3 Å². The third kappa shape index (κ3) is 2.68. The molecule has 0 aliphatic carbocycles. The number of hydrogen-bond donors (Lipinski definition) is 1. The molecule has 6 nitrogen and oxygen atoms in total. The topological polar surface area (TPSA) is 87.1 Å². The molecule has 84 valence electrons. The number of rotatable bonds is 1. The van der Waals surface area contributed by atoms with Crippen molar-refractivity contribution in [2.45, 2.75) is 0 Å². The van der Waals surface area contributed by atoms with Crippen molar-refractivity contribution in [1.82, 2.24) is 0 Å². The lowest BCUT2D eigenvalue weighted by molar-refractivity contribution is -0.118. The van der Waals surface area contributed by atoms with Gasteiger partial charge in [0.05, 0.1) is 12.2 Å². The molecule has 1 aliphatic rings. The minimum absolute atomic E-state index is 0.0165. The summed E-state index contributed by atoms with van der Waals surface area (Å²) in [7, 11) is 0. The highest BCUT2D eigenvalue weighted by Crippen LogP contribution is 2.28. The Kier molecular flexibility index (Phi) is 3.15. The van der Waals surface area contributed by atoms with Crippen molar-refractivity contribution in [1.29, 1.82) is 0 Å². The van der Waals surface area contributed by atoms with Crippen molar-refractivity contribution in [3.63, 3.8) is 0 Å². The van der Waals surface area contributed by atoms with Gasteiger partial charge in [0, 0.05) is 10.5 Å². The number of nitrogens with one attached hydrogen (secondary N) is 1. The van der Waals surface area contributed by atoms with Crippen molar-refractivity contribution in [3.05, 3.63) is 34.2 Å². The summed E-state index contributed by atoms with van der Waals surface area (Å²) in [4.78, 5) is 13.6. The van der Waals surface area contributed by atoms with Gasteiger partial charge in [0.15, 0.2) is 6.61 Å². The first-order chi connectivity index (χ1) is 8.29. The number of nitrogens with zero attached hydrogens (tertiary/aromatic N) is 3. The lowest BCUT2D eigenvalue weighted by Gasteiger charge is -2.17. The summed E-state index contributed by atoms with van der Waals surface area (Å²) in [5.41, 5.74) is 9.46.